The van der Waals surface area contributed by atoms with Gasteiger partial charge in [-0.2, -0.15) is 0 Å². The number of hydrogen-bond acceptors (Lipinski definition) is 6. The van der Waals surface area contributed by atoms with Crippen LogP contribution in [0.3, 0.4) is 0 Å². The van der Waals surface area contributed by atoms with Crippen LogP contribution >= 0.6 is 0 Å². The number of hydrogen-bond donors (Lipinski definition) is 2. The van der Waals surface area contributed by atoms with Crippen LogP contribution in [0.5, 0.6) is 5.75 Å². The summed E-state index contributed by atoms with van der Waals surface area (Å²) in [6, 6.07) is 5.62. The van der Waals surface area contributed by atoms with Gasteiger partial charge in [-0.1, -0.05) is 6.07 Å². The van der Waals surface area contributed by atoms with Crippen molar-refractivity contribution in [1.29, 1.82) is 0 Å². The van der Waals surface area contributed by atoms with E-state index in [9.17, 15) is 4.79 Å². The zero-order valence-electron chi connectivity index (χ0n) is 12.2. The molecule has 1 fully saturated rings. The van der Waals surface area contributed by atoms with Crippen LogP contribution in [0, 0.1) is 0 Å². The molecule has 116 valence electrons. The summed E-state index contributed by atoms with van der Waals surface area (Å²) in [5, 5.41) is 0.708. The first-order valence-electron chi connectivity index (χ1n) is 7.32. The number of rotatable bonds is 4. The Morgan fingerprint density at radius 1 is 1.41 bits per heavy atom. The zero-order valence-corrected chi connectivity index (χ0v) is 12.2. The van der Waals surface area contributed by atoms with Gasteiger partial charge in [-0.05, 0) is 25.0 Å². The fourth-order valence-corrected chi connectivity index (χ4v) is 2.86. The predicted molar refractivity (Wildman–Crippen MR) is 83.2 cm³/mol. The number of aromatic nitrogens is 2. The van der Waals surface area contributed by atoms with Gasteiger partial charge in [-0.15, -0.1) is 0 Å². The number of nitrogen functional groups attached to an aromatic ring is 1. The molecule has 1 aliphatic rings. The van der Waals surface area contributed by atoms with Crippen LogP contribution in [0.15, 0.2) is 24.5 Å². The SMILES string of the molecule is NCC(=O)N1CCC[C@H]1COc1cccc2ncnc(N)c12. The molecule has 1 aromatic heterocycles. The highest BCUT2D eigenvalue weighted by atomic mass is 16.5. The molecule has 7 heteroatoms. The van der Waals surface area contributed by atoms with Crippen LogP contribution in [0.1, 0.15) is 12.8 Å². The van der Waals surface area contributed by atoms with E-state index < -0.39 is 0 Å². The van der Waals surface area contributed by atoms with Crippen molar-refractivity contribution in [1.82, 2.24) is 14.9 Å². The van der Waals surface area contributed by atoms with E-state index in [0.29, 0.717) is 23.6 Å². The summed E-state index contributed by atoms with van der Waals surface area (Å²) in [7, 11) is 0. The molecule has 1 saturated heterocycles. The summed E-state index contributed by atoms with van der Waals surface area (Å²) in [5.74, 6) is 0.997. The van der Waals surface area contributed by atoms with Gasteiger partial charge in [0, 0.05) is 6.54 Å². The first-order valence-corrected chi connectivity index (χ1v) is 7.32. The van der Waals surface area contributed by atoms with E-state index in [2.05, 4.69) is 9.97 Å². The van der Waals surface area contributed by atoms with Gasteiger partial charge in [0.1, 0.15) is 24.5 Å². The second kappa shape index (κ2) is 6.15. The third-order valence-electron chi connectivity index (χ3n) is 3.96. The first kappa shape index (κ1) is 14.5. The number of benzene rings is 1. The van der Waals surface area contributed by atoms with Crippen LogP contribution in [0.25, 0.3) is 10.9 Å². The van der Waals surface area contributed by atoms with Gasteiger partial charge in [-0.25, -0.2) is 9.97 Å². The van der Waals surface area contributed by atoms with Crippen LogP contribution in [0.2, 0.25) is 0 Å². The monoisotopic (exact) mass is 301 g/mol. The fourth-order valence-electron chi connectivity index (χ4n) is 2.86. The van der Waals surface area contributed by atoms with Gasteiger partial charge in [0.2, 0.25) is 5.91 Å². The second-order valence-corrected chi connectivity index (χ2v) is 5.31. The molecule has 0 aliphatic carbocycles. The number of nitrogens with zero attached hydrogens (tertiary/aromatic N) is 3. The maximum Gasteiger partial charge on any atom is 0.236 e. The molecule has 1 aliphatic heterocycles. The van der Waals surface area contributed by atoms with E-state index in [-0.39, 0.29) is 18.5 Å². The Morgan fingerprint density at radius 3 is 3.09 bits per heavy atom. The van der Waals surface area contributed by atoms with Crippen molar-refractivity contribution >= 4 is 22.6 Å². The predicted octanol–water partition coefficient (Wildman–Crippen LogP) is 0.541. The number of carbonyl (C=O) groups is 1. The molecule has 0 saturated carbocycles. The lowest BCUT2D eigenvalue weighted by atomic mass is 10.2. The Balaban J connectivity index is 1.78. The average molecular weight is 301 g/mol. The van der Waals surface area contributed by atoms with E-state index in [1.165, 1.54) is 6.33 Å². The highest BCUT2D eigenvalue weighted by Crippen LogP contribution is 2.28. The normalized spacial score (nSPS) is 17.9. The van der Waals surface area contributed by atoms with Crippen LogP contribution in [-0.4, -0.2) is 46.5 Å². The maximum atomic E-state index is 11.8. The Kier molecular flexibility index (Phi) is 4.06. The quantitative estimate of drug-likeness (QED) is 0.853. The number of carbonyl (C=O) groups excluding carboxylic acids is 1. The first-order chi connectivity index (χ1) is 10.7. The van der Waals surface area contributed by atoms with Gasteiger partial charge in [0.15, 0.2) is 0 Å². The van der Waals surface area contributed by atoms with E-state index in [1.807, 2.05) is 18.2 Å². The zero-order chi connectivity index (χ0) is 15.5. The standard InChI is InChI=1S/C15H19N5O2/c16-7-13(21)20-6-2-3-10(20)8-22-12-5-1-4-11-14(12)15(17)19-9-18-11/h1,4-5,9-10H,2-3,6-8,16H2,(H2,17,18,19)/t10-/m0/s1. The smallest absolute Gasteiger partial charge is 0.236 e. The third-order valence-corrected chi connectivity index (χ3v) is 3.96. The van der Waals surface area contributed by atoms with Crippen molar-refractivity contribution in [3.8, 4) is 5.75 Å². The Labute approximate surface area is 128 Å². The molecule has 3 rings (SSSR count). The molecular weight excluding hydrogens is 282 g/mol. The molecule has 0 unspecified atom stereocenters. The van der Waals surface area contributed by atoms with Gasteiger partial charge < -0.3 is 21.1 Å². The minimum absolute atomic E-state index is 0.0333. The number of anilines is 1. The summed E-state index contributed by atoms with van der Waals surface area (Å²) < 4.78 is 5.91. The van der Waals surface area contributed by atoms with Crippen molar-refractivity contribution in [3.05, 3.63) is 24.5 Å². The van der Waals surface area contributed by atoms with Crippen molar-refractivity contribution in [3.63, 3.8) is 0 Å². The van der Waals surface area contributed by atoms with E-state index in [0.717, 1.165) is 24.9 Å². The fraction of sp³-hybridized carbons (Fsp3) is 0.400. The molecule has 2 aromatic rings. The minimum atomic E-state index is -0.0353. The lowest BCUT2D eigenvalue weighted by Crippen LogP contribution is -2.42. The molecule has 0 spiro atoms. The molecule has 2 heterocycles. The highest BCUT2D eigenvalue weighted by Gasteiger charge is 2.28. The Bertz CT molecular complexity index is 685. The van der Waals surface area contributed by atoms with E-state index in [4.69, 9.17) is 16.2 Å². The van der Waals surface area contributed by atoms with E-state index in [1.54, 1.807) is 4.90 Å². The van der Waals surface area contributed by atoms with E-state index >= 15 is 0 Å². The number of fused-ring (bicyclic) bond motifs is 1. The van der Waals surface area contributed by atoms with Crippen molar-refractivity contribution in [2.45, 2.75) is 18.9 Å². The largest absolute Gasteiger partial charge is 0.491 e. The maximum absolute atomic E-state index is 11.8. The summed E-state index contributed by atoms with van der Waals surface area (Å²) >= 11 is 0. The van der Waals surface area contributed by atoms with Gasteiger partial charge >= 0.3 is 0 Å². The molecule has 7 nitrogen and oxygen atoms in total. The number of ether oxygens (including phenoxy) is 1. The lowest BCUT2D eigenvalue weighted by Gasteiger charge is -2.24. The number of nitrogens with two attached hydrogens (primary N) is 2. The topological polar surface area (TPSA) is 107 Å². The molecule has 0 radical (unpaired) electrons. The molecule has 1 atom stereocenters. The summed E-state index contributed by atoms with van der Waals surface area (Å²) in [5.41, 5.74) is 12.1. The molecule has 1 amide bonds. The van der Waals surface area contributed by atoms with Gasteiger partial charge in [-0.3, -0.25) is 4.79 Å². The van der Waals surface area contributed by atoms with Crippen molar-refractivity contribution in [2.24, 2.45) is 5.73 Å². The highest BCUT2D eigenvalue weighted by molar-refractivity contribution is 5.93. The van der Waals surface area contributed by atoms with Gasteiger partial charge in [0.25, 0.3) is 0 Å². The summed E-state index contributed by atoms with van der Waals surface area (Å²) in [6.07, 6.45) is 3.32. The Hall–Kier alpha value is -2.41. The van der Waals surface area contributed by atoms with Gasteiger partial charge in [0.05, 0.1) is 23.5 Å². The molecule has 4 N–H and O–H groups in total. The third kappa shape index (κ3) is 2.67. The van der Waals surface area contributed by atoms with Crippen molar-refractivity contribution < 1.29 is 9.53 Å². The number of amides is 1. The van der Waals surface area contributed by atoms with Crippen molar-refractivity contribution in [2.75, 3.05) is 25.4 Å². The number of likely N-dealkylation sites (tertiary alicyclic amines) is 1. The minimum Gasteiger partial charge on any atom is -0.491 e. The molecule has 1 aromatic carbocycles. The van der Waals surface area contributed by atoms with Crippen LogP contribution in [0.4, 0.5) is 5.82 Å². The molecule has 0 bridgehead atoms. The molecular formula is C15H19N5O2. The lowest BCUT2D eigenvalue weighted by molar-refractivity contribution is -0.130. The Morgan fingerprint density at radius 2 is 2.27 bits per heavy atom. The van der Waals surface area contributed by atoms with Crippen LogP contribution in [-0.2, 0) is 4.79 Å². The van der Waals surface area contributed by atoms with Crippen LogP contribution < -0.4 is 16.2 Å². The second-order valence-electron chi connectivity index (χ2n) is 5.31. The summed E-state index contributed by atoms with van der Waals surface area (Å²) in [6.45, 7) is 1.19. The molecule has 22 heavy (non-hydrogen) atoms. The summed E-state index contributed by atoms with van der Waals surface area (Å²) in [4.78, 5) is 21.8. The average Bonchev–Trinajstić information content (AvgIpc) is 3.00.